The van der Waals surface area contributed by atoms with Crippen molar-refractivity contribution in [2.24, 2.45) is 11.1 Å². The van der Waals surface area contributed by atoms with E-state index >= 15 is 0 Å². The first-order chi connectivity index (χ1) is 9.96. The number of nitrogens with zero attached hydrogens (tertiary/aromatic N) is 1. The number of rotatable bonds is 10. The van der Waals surface area contributed by atoms with E-state index < -0.39 is 6.10 Å². The van der Waals surface area contributed by atoms with Crippen LogP contribution in [0.25, 0.3) is 0 Å². The highest BCUT2D eigenvalue weighted by Crippen LogP contribution is 2.15. The molecule has 4 heteroatoms. The third kappa shape index (κ3) is 7.58. The fourth-order valence-corrected chi connectivity index (χ4v) is 2.21. The van der Waals surface area contributed by atoms with Gasteiger partial charge < -0.3 is 20.5 Å². The van der Waals surface area contributed by atoms with Gasteiger partial charge in [-0.1, -0.05) is 51.1 Å². The van der Waals surface area contributed by atoms with Gasteiger partial charge in [-0.05, 0) is 24.1 Å². The summed E-state index contributed by atoms with van der Waals surface area (Å²) in [6.07, 6.45) is -0.470. The quantitative estimate of drug-likeness (QED) is 0.692. The summed E-state index contributed by atoms with van der Waals surface area (Å²) in [7, 11) is 0. The Morgan fingerprint density at radius 3 is 2.52 bits per heavy atom. The normalized spacial score (nSPS) is 13.6. The van der Waals surface area contributed by atoms with Crippen LogP contribution in [0.3, 0.4) is 0 Å². The fraction of sp³-hybridized carbons (Fsp3) is 0.647. The van der Waals surface area contributed by atoms with Crippen molar-refractivity contribution in [2.45, 2.75) is 33.5 Å². The summed E-state index contributed by atoms with van der Waals surface area (Å²) in [4.78, 5) is 2.23. The zero-order valence-corrected chi connectivity index (χ0v) is 13.6. The zero-order chi connectivity index (χ0) is 15.7. The summed E-state index contributed by atoms with van der Waals surface area (Å²) in [6.45, 7) is 10.3. The van der Waals surface area contributed by atoms with Crippen LogP contribution in [-0.2, 0) is 11.3 Å². The number of hydrogen-bond acceptors (Lipinski definition) is 4. The van der Waals surface area contributed by atoms with Gasteiger partial charge in [0.05, 0.1) is 19.3 Å². The molecule has 0 saturated carbocycles. The molecule has 0 aromatic heterocycles. The highest BCUT2D eigenvalue weighted by atomic mass is 16.5. The van der Waals surface area contributed by atoms with E-state index in [0.29, 0.717) is 26.3 Å². The molecule has 120 valence electrons. The maximum Gasteiger partial charge on any atom is 0.0900 e. The molecular weight excluding hydrogens is 264 g/mol. The Morgan fingerprint density at radius 1 is 1.29 bits per heavy atom. The molecule has 1 aromatic carbocycles. The summed E-state index contributed by atoms with van der Waals surface area (Å²) in [5, 5.41) is 10.1. The highest BCUT2D eigenvalue weighted by Gasteiger charge is 2.21. The largest absolute Gasteiger partial charge is 0.389 e. The molecule has 0 aliphatic carbocycles. The molecule has 0 radical (unpaired) electrons. The number of benzene rings is 1. The van der Waals surface area contributed by atoms with E-state index in [1.54, 1.807) is 0 Å². The number of ether oxygens (including phenoxy) is 1. The van der Waals surface area contributed by atoms with Gasteiger partial charge in [-0.15, -0.1) is 0 Å². The third-order valence-electron chi connectivity index (χ3n) is 3.54. The van der Waals surface area contributed by atoms with E-state index in [0.717, 1.165) is 18.7 Å². The van der Waals surface area contributed by atoms with Crippen molar-refractivity contribution >= 4 is 0 Å². The monoisotopic (exact) mass is 294 g/mol. The lowest BCUT2D eigenvalue weighted by molar-refractivity contribution is 0.00563. The van der Waals surface area contributed by atoms with Crippen LogP contribution in [0, 0.1) is 5.41 Å². The van der Waals surface area contributed by atoms with Gasteiger partial charge in [-0.25, -0.2) is 0 Å². The SMILES string of the molecule is CCN(CC(O)COCc1ccccc1)CC(C)(C)CN. The standard InChI is InChI=1S/C17H30N2O2/c1-4-19(14-17(2,3)13-18)10-16(20)12-21-11-15-8-6-5-7-9-15/h5-9,16,20H,4,10-14,18H2,1-3H3. The molecule has 0 spiro atoms. The van der Waals surface area contributed by atoms with Crippen molar-refractivity contribution in [3.05, 3.63) is 35.9 Å². The van der Waals surface area contributed by atoms with Crippen molar-refractivity contribution in [3.63, 3.8) is 0 Å². The molecule has 0 bridgehead atoms. The summed E-state index contributed by atoms with van der Waals surface area (Å²) in [6, 6.07) is 10.0. The molecule has 0 aliphatic heterocycles. The van der Waals surface area contributed by atoms with Crippen LogP contribution in [0.1, 0.15) is 26.3 Å². The van der Waals surface area contributed by atoms with Gasteiger partial charge in [0.15, 0.2) is 0 Å². The van der Waals surface area contributed by atoms with Gasteiger partial charge in [0.25, 0.3) is 0 Å². The second-order valence-electron chi connectivity index (χ2n) is 6.35. The smallest absolute Gasteiger partial charge is 0.0900 e. The number of aliphatic hydroxyl groups is 1. The minimum atomic E-state index is -0.470. The highest BCUT2D eigenvalue weighted by molar-refractivity contribution is 5.13. The molecule has 1 aromatic rings. The molecule has 3 N–H and O–H groups in total. The average molecular weight is 294 g/mol. The fourth-order valence-electron chi connectivity index (χ4n) is 2.21. The number of aliphatic hydroxyl groups excluding tert-OH is 1. The summed E-state index contributed by atoms with van der Waals surface area (Å²) in [5.41, 5.74) is 6.97. The second kappa shape index (κ2) is 9.15. The van der Waals surface area contributed by atoms with Crippen molar-refractivity contribution < 1.29 is 9.84 Å². The lowest BCUT2D eigenvalue weighted by Gasteiger charge is -2.32. The van der Waals surface area contributed by atoms with Crippen molar-refractivity contribution in [1.82, 2.24) is 4.90 Å². The molecule has 4 nitrogen and oxygen atoms in total. The van der Waals surface area contributed by atoms with Gasteiger partial charge in [0.2, 0.25) is 0 Å². The second-order valence-corrected chi connectivity index (χ2v) is 6.35. The molecular formula is C17H30N2O2. The molecule has 0 aliphatic rings. The molecule has 0 heterocycles. The first-order valence-corrected chi connectivity index (χ1v) is 7.69. The van der Waals surface area contributed by atoms with Crippen LogP contribution in [0.4, 0.5) is 0 Å². The Bertz CT molecular complexity index is 382. The number of likely N-dealkylation sites (N-methyl/N-ethyl adjacent to an activating group) is 1. The third-order valence-corrected chi connectivity index (χ3v) is 3.54. The van der Waals surface area contributed by atoms with Gasteiger partial charge >= 0.3 is 0 Å². The summed E-state index contributed by atoms with van der Waals surface area (Å²) < 4.78 is 5.58. The summed E-state index contributed by atoms with van der Waals surface area (Å²) in [5.74, 6) is 0. The van der Waals surface area contributed by atoms with E-state index in [1.165, 1.54) is 0 Å². The molecule has 0 saturated heterocycles. The Hall–Kier alpha value is -0.940. The van der Waals surface area contributed by atoms with Gasteiger partial charge in [-0.2, -0.15) is 0 Å². The number of nitrogens with two attached hydrogens (primary N) is 1. The Labute approximate surface area is 128 Å². The van der Waals surface area contributed by atoms with E-state index in [1.807, 2.05) is 30.3 Å². The topological polar surface area (TPSA) is 58.7 Å². The van der Waals surface area contributed by atoms with Crippen molar-refractivity contribution in [3.8, 4) is 0 Å². The Balaban J connectivity index is 2.29. The van der Waals surface area contributed by atoms with Crippen molar-refractivity contribution in [2.75, 3.05) is 32.8 Å². The van der Waals surface area contributed by atoms with Crippen LogP contribution in [0.5, 0.6) is 0 Å². The number of hydrogen-bond donors (Lipinski definition) is 2. The van der Waals surface area contributed by atoms with Crippen molar-refractivity contribution in [1.29, 1.82) is 0 Å². The van der Waals surface area contributed by atoms with E-state index in [4.69, 9.17) is 10.5 Å². The van der Waals surface area contributed by atoms with E-state index in [2.05, 4.69) is 25.7 Å². The van der Waals surface area contributed by atoms with Gasteiger partial charge in [0.1, 0.15) is 0 Å². The molecule has 1 atom stereocenters. The lowest BCUT2D eigenvalue weighted by Crippen LogP contribution is -2.43. The van der Waals surface area contributed by atoms with Crippen LogP contribution in [0.2, 0.25) is 0 Å². The van der Waals surface area contributed by atoms with E-state index in [-0.39, 0.29) is 5.41 Å². The maximum absolute atomic E-state index is 10.1. The Kier molecular flexibility index (Phi) is 7.89. The zero-order valence-electron chi connectivity index (χ0n) is 13.6. The molecule has 0 fully saturated rings. The predicted molar refractivity (Wildman–Crippen MR) is 87.1 cm³/mol. The summed E-state index contributed by atoms with van der Waals surface area (Å²) >= 11 is 0. The van der Waals surface area contributed by atoms with Crippen LogP contribution >= 0.6 is 0 Å². The van der Waals surface area contributed by atoms with Gasteiger partial charge in [-0.3, -0.25) is 0 Å². The molecule has 21 heavy (non-hydrogen) atoms. The average Bonchev–Trinajstić information content (AvgIpc) is 2.47. The lowest BCUT2D eigenvalue weighted by atomic mass is 9.93. The van der Waals surface area contributed by atoms with Crippen LogP contribution < -0.4 is 5.73 Å². The van der Waals surface area contributed by atoms with Crippen LogP contribution in [-0.4, -0.2) is 48.9 Å². The predicted octanol–water partition coefficient (Wildman–Crippen LogP) is 1.87. The minimum Gasteiger partial charge on any atom is -0.389 e. The first-order valence-electron chi connectivity index (χ1n) is 7.69. The van der Waals surface area contributed by atoms with E-state index in [9.17, 15) is 5.11 Å². The van der Waals surface area contributed by atoms with Gasteiger partial charge in [0, 0.05) is 13.1 Å². The first kappa shape index (κ1) is 18.1. The maximum atomic E-state index is 10.1. The van der Waals surface area contributed by atoms with Crippen LogP contribution in [0.15, 0.2) is 30.3 Å². The minimum absolute atomic E-state index is 0.0701. The molecule has 1 rings (SSSR count). The molecule has 1 unspecified atom stereocenters. The Morgan fingerprint density at radius 2 is 1.95 bits per heavy atom. The molecule has 0 amide bonds.